The molecular weight excluding hydrogens is 358 g/mol. The normalized spacial score (nSPS) is 12.1. The molecule has 4 rings (SSSR count). The van der Waals surface area contributed by atoms with Gasteiger partial charge in [0.25, 0.3) is 0 Å². The van der Waals surface area contributed by atoms with Gasteiger partial charge in [0.05, 0.1) is 11.4 Å². The molecule has 0 aliphatic carbocycles. The lowest BCUT2D eigenvalue weighted by Gasteiger charge is -2.20. The van der Waals surface area contributed by atoms with Crippen LogP contribution in [0.3, 0.4) is 0 Å². The quantitative estimate of drug-likeness (QED) is 0.434. The molecule has 29 heavy (non-hydrogen) atoms. The van der Waals surface area contributed by atoms with E-state index in [1.807, 2.05) is 62.4 Å². The summed E-state index contributed by atoms with van der Waals surface area (Å²) in [6.45, 7) is 8.04. The molecule has 3 aromatic carbocycles. The third-order valence-electron chi connectivity index (χ3n) is 5.41. The first-order valence-corrected chi connectivity index (χ1v) is 9.91. The van der Waals surface area contributed by atoms with E-state index in [0.717, 1.165) is 22.4 Å². The third-order valence-corrected chi connectivity index (χ3v) is 5.41. The second kappa shape index (κ2) is 7.59. The molecule has 1 atom stereocenters. The second-order valence-electron chi connectivity index (χ2n) is 7.66. The van der Waals surface area contributed by atoms with Gasteiger partial charge in [-0.25, -0.2) is 0 Å². The minimum Gasteiger partial charge on any atom is -0.455 e. The minimum atomic E-state index is -0.0204. The third kappa shape index (κ3) is 3.56. The van der Waals surface area contributed by atoms with Crippen molar-refractivity contribution in [2.45, 2.75) is 33.7 Å². The molecule has 0 bridgehead atoms. The Morgan fingerprint density at radius 1 is 0.897 bits per heavy atom. The van der Waals surface area contributed by atoms with Gasteiger partial charge in [-0.15, -0.1) is 0 Å². The van der Waals surface area contributed by atoms with E-state index in [4.69, 9.17) is 4.42 Å². The number of para-hydroxylation sites is 1. The number of rotatable bonds is 4. The van der Waals surface area contributed by atoms with Gasteiger partial charge in [-0.05, 0) is 51.0 Å². The van der Waals surface area contributed by atoms with Crippen molar-refractivity contribution >= 4 is 16.7 Å². The Hall–Kier alpha value is -3.33. The molecule has 1 N–H and O–H groups in total. The van der Waals surface area contributed by atoms with E-state index in [-0.39, 0.29) is 11.5 Å². The maximum Gasteiger partial charge on any atom is 0.196 e. The first kappa shape index (κ1) is 19.0. The number of nitrogens with one attached hydrogen (secondary N) is 1. The SMILES string of the molecule is Cc1cc([C@@H](C)Nc2ccccc2C)c2oc(-c3ccccc3)c(C)c(=O)c2c1. The van der Waals surface area contributed by atoms with Crippen LogP contribution in [-0.4, -0.2) is 0 Å². The standard InChI is InChI=1S/C26H25NO2/c1-16-14-21(19(4)27-23-13-9-8-10-17(23)2)26-22(15-16)24(28)18(3)25(29-26)20-11-6-5-7-12-20/h5-15,19,27H,1-4H3/t19-/m1/s1. The Balaban J connectivity index is 1.91. The molecule has 4 aromatic rings. The topological polar surface area (TPSA) is 42.2 Å². The Kier molecular flexibility index (Phi) is 4.98. The minimum absolute atomic E-state index is 0.0204. The summed E-state index contributed by atoms with van der Waals surface area (Å²) in [7, 11) is 0. The average molecular weight is 383 g/mol. The number of benzene rings is 3. The van der Waals surface area contributed by atoms with Crippen LogP contribution in [0.2, 0.25) is 0 Å². The van der Waals surface area contributed by atoms with Gasteiger partial charge in [-0.1, -0.05) is 54.6 Å². The van der Waals surface area contributed by atoms with Crippen LogP contribution in [-0.2, 0) is 0 Å². The van der Waals surface area contributed by atoms with Crippen molar-refractivity contribution in [1.82, 2.24) is 0 Å². The number of aryl methyl sites for hydroxylation is 2. The van der Waals surface area contributed by atoms with Crippen molar-refractivity contribution in [3.8, 4) is 11.3 Å². The summed E-state index contributed by atoms with van der Waals surface area (Å²) in [4.78, 5) is 13.2. The van der Waals surface area contributed by atoms with E-state index in [9.17, 15) is 4.79 Å². The van der Waals surface area contributed by atoms with Crippen LogP contribution < -0.4 is 10.7 Å². The molecule has 0 aliphatic heterocycles. The van der Waals surface area contributed by atoms with E-state index in [1.165, 1.54) is 5.56 Å². The van der Waals surface area contributed by atoms with Crippen molar-refractivity contribution in [3.63, 3.8) is 0 Å². The fourth-order valence-corrected chi connectivity index (χ4v) is 3.80. The molecule has 0 aliphatic rings. The number of fused-ring (bicyclic) bond motifs is 1. The van der Waals surface area contributed by atoms with Crippen LogP contribution in [0.4, 0.5) is 5.69 Å². The summed E-state index contributed by atoms with van der Waals surface area (Å²) in [5.74, 6) is 0.635. The van der Waals surface area contributed by atoms with E-state index in [0.29, 0.717) is 22.3 Å². The Morgan fingerprint density at radius 3 is 2.31 bits per heavy atom. The number of hydrogen-bond donors (Lipinski definition) is 1. The molecule has 146 valence electrons. The molecule has 0 spiro atoms. The fourth-order valence-electron chi connectivity index (χ4n) is 3.80. The largest absolute Gasteiger partial charge is 0.455 e. The Bertz CT molecular complexity index is 1240. The summed E-state index contributed by atoms with van der Waals surface area (Å²) in [6.07, 6.45) is 0. The highest BCUT2D eigenvalue weighted by molar-refractivity contribution is 5.84. The maximum atomic E-state index is 13.2. The zero-order valence-electron chi connectivity index (χ0n) is 17.2. The van der Waals surface area contributed by atoms with Crippen molar-refractivity contribution in [2.75, 3.05) is 5.32 Å². The summed E-state index contributed by atoms with van der Waals surface area (Å²) < 4.78 is 6.39. The zero-order chi connectivity index (χ0) is 20.5. The summed E-state index contributed by atoms with van der Waals surface area (Å²) in [6, 6.07) is 22.0. The highest BCUT2D eigenvalue weighted by Crippen LogP contribution is 2.32. The molecule has 0 saturated heterocycles. The maximum absolute atomic E-state index is 13.2. The van der Waals surface area contributed by atoms with Gasteiger partial charge in [-0.2, -0.15) is 0 Å². The van der Waals surface area contributed by atoms with Crippen LogP contribution in [0.1, 0.15) is 35.2 Å². The predicted molar refractivity (Wildman–Crippen MR) is 121 cm³/mol. The highest BCUT2D eigenvalue weighted by atomic mass is 16.3. The van der Waals surface area contributed by atoms with Gasteiger partial charge in [0.2, 0.25) is 0 Å². The van der Waals surface area contributed by atoms with Gasteiger partial charge < -0.3 is 9.73 Å². The molecule has 0 saturated carbocycles. The molecule has 0 unspecified atom stereocenters. The van der Waals surface area contributed by atoms with Crippen LogP contribution in [0.25, 0.3) is 22.3 Å². The summed E-state index contributed by atoms with van der Waals surface area (Å²) in [5.41, 5.74) is 6.51. The van der Waals surface area contributed by atoms with Crippen molar-refractivity contribution in [1.29, 1.82) is 0 Å². The number of hydrogen-bond acceptors (Lipinski definition) is 3. The van der Waals surface area contributed by atoms with E-state index < -0.39 is 0 Å². The molecule has 0 amide bonds. The summed E-state index contributed by atoms with van der Waals surface area (Å²) >= 11 is 0. The molecular formula is C26H25NO2. The molecule has 0 radical (unpaired) electrons. The first-order valence-electron chi connectivity index (χ1n) is 9.91. The van der Waals surface area contributed by atoms with Crippen LogP contribution in [0.5, 0.6) is 0 Å². The van der Waals surface area contributed by atoms with Gasteiger partial charge in [-0.3, -0.25) is 4.79 Å². The zero-order valence-corrected chi connectivity index (χ0v) is 17.2. The Morgan fingerprint density at radius 2 is 1.59 bits per heavy atom. The second-order valence-corrected chi connectivity index (χ2v) is 7.66. The van der Waals surface area contributed by atoms with Gasteiger partial charge >= 0.3 is 0 Å². The lowest BCUT2D eigenvalue weighted by molar-refractivity contribution is 0.605. The lowest BCUT2D eigenvalue weighted by atomic mass is 9.98. The lowest BCUT2D eigenvalue weighted by Crippen LogP contribution is -2.12. The molecule has 3 heteroatoms. The first-order chi connectivity index (χ1) is 14.0. The number of anilines is 1. The van der Waals surface area contributed by atoms with Crippen LogP contribution in [0.15, 0.2) is 75.9 Å². The Labute approximate surface area is 171 Å². The van der Waals surface area contributed by atoms with Crippen LogP contribution >= 0.6 is 0 Å². The van der Waals surface area contributed by atoms with Crippen molar-refractivity contribution in [3.05, 3.63) is 99.2 Å². The van der Waals surface area contributed by atoms with Crippen LogP contribution in [0, 0.1) is 20.8 Å². The molecule has 1 aromatic heterocycles. The highest BCUT2D eigenvalue weighted by Gasteiger charge is 2.19. The van der Waals surface area contributed by atoms with Crippen molar-refractivity contribution < 1.29 is 4.42 Å². The molecule has 3 nitrogen and oxygen atoms in total. The van der Waals surface area contributed by atoms with E-state index in [1.54, 1.807) is 0 Å². The van der Waals surface area contributed by atoms with Crippen molar-refractivity contribution in [2.24, 2.45) is 0 Å². The van der Waals surface area contributed by atoms with Gasteiger partial charge in [0.15, 0.2) is 5.43 Å². The summed E-state index contributed by atoms with van der Waals surface area (Å²) in [5, 5.41) is 4.21. The average Bonchev–Trinajstić information content (AvgIpc) is 2.72. The predicted octanol–water partition coefficient (Wildman–Crippen LogP) is 6.56. The smallest absolute Gasteiger partial charge is 0.196 e. The monoisotopic (exact) mass is 383 g/mol. The fraction of sp³-hybridized carbons (Fsp3) is 0.192. The van der Waals surface area contributed by atoms with Gasteiger partial charge in [0, 0.05) is 22.4 Å². The van der Waals surface area contributed by atoms with E-state index >= 15 is 0 Å². The van der Waals surface area contributed by atoms with E-state index in [2.05, 4.69) is 37.4 Å². The van der Waals surface area contributed by atoms with Gasteiger partial charge in [0.1, 0.15) is 11.3 Å². The molecule has 1 heterocycles. The molecule has 0 fully saturated rings.